The molecule has 0 spiro atoms. The van der Waals surface area contributed by atoms with Crippen LogP contribution < -0.4 is 0 Å². The highest BCUT2D eigenvalue weighted by Gasteiger charge is 2.28. The topological polar surface area (TPSA) is 75.9 Å². The maximum Gasteiger partial charge on any atom is 0.284 e. The maximum absolute atomic E-state index is 12.8. The second-order valence-electron chi connectivity index (χ2n) is 6.24. The number of halogens is 2. The van der Waals surface area contributed by atoms with Gasteiger partial charge in [-0.15, -0.1) is 4.40 Å². The molecule has 5 nitrogen and oxygen atoms in total. The number of allylic oxidation sites excluding steroid dienone is 4. The summed E-state index contributed by atoms with van der Waals surface area (Å²) in [6, 6.07) is 16.4. The van der Waals surface area contributed by atoms with Gasteiger partial charge in [-0.25, -0.2) is 4.99 Å². The predicted octanol–water partition coefficient (Wildman–Crippen LogP) is 4.87. The Labute approximate surface area is 179 Å². The van der Waals surface area contributed by atoms with E-state index in [0.717, 1.165) is 0 Å². The van der Waals surface area contributed by atoms with E-state index in [9.17, 15) is 13.2 Å². The summed E-state index contributed by atoms with van der Waals surface area (Å²) in [6.45, 7) is 3.13. The minimum atomic E-state index is -4.04. The summed E-state index contributed by atoms with van der Waals surface area (Å²) >= 11 is 12.6. The standard InChI is InChI=1S/C21H16Cl2N2O3S/c1-13-17(22)19(18(23)14(2)20(13)26)24-21(15-9-5-3-6-10-15)25-29(27,28)16-11-7-4-8-12-16/h3-12H,1-2H3. The fraction of sp³-hybridized carbons (Fsp3) is 0.0952. The van der Waals surface area contributed by atoms with E-state index >= 15 is 0 Å². The summed E-state index contributed by atoms with van der Waals surface area (Å²) in [5.41, 5.74) is 1.13. The van der Waals surface area contributed by atoms with Crippen molar-refractivity contribution in [3.05, 3.63) is 87.4 Å². The number of amidine groups is 1. The fourth-order valence-electron chi connectivity index (χ4n) is 2.62. The van der Waals surface area contributed by atoms with Gasteiger partial charge in [-0.3, -0.25) is 4.79 Å². The van der Waals surface area contributed by atoms with E-state index in [0.29, 0.717) is 5.56 Å². The van der Waals surface area contributed by atoms with E-state index in [1.807, 2.05) is 0 Å². The number of nitrogens with zero attached hydrogens (tertiary/aromatic N) is 2. The number of hydrogen-bond donors (Lipinski definition) is 0. The van der Waals surface area contributed by atoms with Gasteiger partial charge in [0.25, 0.3) is 10.0 Å². The zero-order valence-electron chi connectivity index (χ0n) is 15.6. The van der Waals surface area contributed by atoms with Gasteiger partial charge in [0.2, 0.25) is 0 Å². The van der Waals surface area contributed by atoms with Crippen LogP contribution in [0.5, 0.6) is 0 Å². The lowest BCUT2D eigenvalue weighted by Gasteiger charge is -2.16. The molecule has 0 fully saturated rings. The van der Waals surface area contributed by atoms with Gasteiger partial charge in [-0.1, -0.05) is 71.7 Å². The van der Waals surface area contributed by atoms with Gasteiger partial charge in [-0.05, 0) is 26.0 Å². The molecule has 8 heteroatoms. The Morgan fingerprint density at radius 3 is 1.83 bits per heavy atom. The molecule has 0 aromatic heterocycles. The Bertz CT molecular complexity index is 1170. The van der Waals surface area contributed by atoms with Gasteiger partial charge in [0.1, 0.15) is 5.71 Å². The van der Waals surface area contributed by atoms with E-state index < -0.39 is 10.0 Å². The molecule has 148 valence electrons. The molecule has 2 aromatic rings. The lowest BCUT2D eigenvalue weighted by molar-refractivity contribution is -0.112. The first-order valence-electron chi connectivity index (χ1n) is 8.54. The summed E-state index contributed by atoms with van der Waals surface area (Å²) in [6.07, 6.45) is 0. The molecule has 0 atom stereocenters. The molecule has 0 amide bonds. The number of hydrogen-bond acceptors (Lipinski definition) is 3. The smallest absolute Gasteiger partial charge is 0.284 e. The number of carbonyl (C=O) groups excluding carboxylic acids is 1. The second kappa shape index (κ2) is 8.45. The quantitative estimate of drug-likeness (QED) is 0.383. The molecule has 29 heavy (non-hydrogen) atoms. The number of Topliss-reactive ketones (excluding diaryl/α,β-unsaturated/α-hetero) is 1. The van der Waals surface area contributed by atoms with Crippen molar-refractivity contribution >= 4 is 50.6 Å². The Hall–Kier alpha value is -2.54. The van der Waals surface area contributed by atoms with Gasteiger partial charge in [0.05, 0.1) is 15.0 Å². The van der Waals surface area contributed by atoms with Gasteiger partial charge in [0.15, 0.2) is 11.6 Å². The Kier molecular flexibility index (Phi) is 6.17. The summed E-state index contributed by atoms with van der Waals surface area (Å²) in [7, 11) is -4.04. The zero-order chi connectivity index (χ0) is 21.2. The normalized spacial score (nSPS) is 15.8. The number of rotatable bonds is 3. The van der Waals surface area contributed by atoms with Crippen LogP contribution in [0.25, 0.3) is 0 Å². The molecule has 0 unspecified atom stereocenters. The van der Waals surface area contributed by atoms with Crippen molar-refractivity contribution in [2.45, 2.75) is 18.7 Å². The van der Waals surface area contributed by atoms with Gasteiger partial charge in [0, 0.05) is 16.7 Å². The molecule has 0 heterocycles. The van der Waals surface area contributed by atoms with E-state index in [4.69, 9.17) is 23.2 Å². The zero-order valence-corrected chi connectivity index (χ0v) is 17.9. The number of sulfonamides is 1. The highest BCUT2D eigenvalue weighted by molar-refractivity contribution is 7.90. The third kappa shape index (κ3) is 4.40. The van der Waals surface area contributed by atoms with Gasteiger partial charge < -0.3 is 0 Å². The number of carbonyl (C=O) groups is 1. The molecule has 0 saturated carbocycles. The van der Waals surface area contributed by atoms with Crippen LogP contribution in [-0.4, -0.2) is 25.7 Å². The first-order valence-corrected chi connectivity index (χ1v) is 10.7. The predicted molar refractivity (Wildman–Crippen MR) is 116 cm³/mol. The number of benzene rings is 2. The van der Waals surface area contributed by atoms with Crippen LogP contribution in [0.1, 0.15) is 19.4 Å². The SMILES string of the molecule is CC1=C(Cl)C(=NC(=NS(=O)(=O)c2ccccc2)c2ccccc2)C(Cl)=C(C)C1=O. The van der Waals surface area contributed by atoms with Crippen molar-refractivity contribution in [1.29, 1.82) is 0 Å². The van der Waals surface area contributed by atoms with Crippen molar-refractivity contribution in [1.82, 2.24) is 0 Å². The highest BCUT2D eigenvalue weighted by atomic mass is 35.5. The lowest BCUT2D eigenvalue weighted by Crippen LogP contribution is -2.19. The molecule has 0 aliphatic heterocycles. The molecule has 1 aliphatic rings. The molecule has 2 aromatic carbocycles. The largest absolute Gasteiger partial charge is 0.289 e. The third-order valence-electron chi connectivity index (χ3n) is 4.25. The van der Waals surface area contributed by atoms with E-state index in [2.05, 4.69) is 9.39 Å². The molecular formula is C21H16Cl2N2O3S. The van der Waals surface area contributed by atoms with Crippen LogP contribution in [0.4, 0.5) is 0 Å². The highest BCUT2D eigenvalue weighted by Crippen LogP contribution is 2.30. The van der Waals surface area contributed by atoms with Crippen molar-refractivity contribution in [2.24, 2.45) is 9.39 Å². The van der Waals surface area contributed by atoms with Gasteiger partial charge in [-0.2, -0.15) is 8.42 Å². The molecular weight excluding hydrogens is 431 g/mol. The van der Waals surface area contributed by atoms with Gasteiger partial charge >= 0.3 is 0 Å². The van der Waals surface area contributed by atoms with Crippen molar-refractivity contribution in [3.63, 3.8) is 0 Å². The van der Waals surface area contributed by atoms with Crippen LogP contribution in [0.2, 0.25) is 0 Å². The summed E-state index contributed by atoms with van der Waals surface area (Å²) in [5, 5.41) is 0.123. The van der Waals surface area contributed by atoms with E-state index in [1.165, 1.54) is 12.1 Å². The second-order valence-corrected chi connectivity index (χ2v) is 8.60. The molecule has 1 aliphatic carbocycles. The first-order chi connectivity index (χ1) is 13.7. The third-order valence-corrected chi connectivity index (χ3v) is 6.46. The molecule has 0 saturated heterocycles. The number of ketones is 1. The maximum atomic E-state index is 12.8. The van der Waals surface area contributed by atoms with Crippen molar-refractivity contribution in [2.75, 3.05) is 0 Å². The Morgan fingerprint density at radius 2 is 1.31 bits per heavy atom. The summed E-state index contributed by atoms with van der Waals surface area (Å²) < 4.78 is 29.5. The van der Waals surface area contributed by atoms with Crippen LogP contribution in [0.3, 0.4) is 0 Å². The van der Waals surface area contributed by atoms with Crippen LogP contribution in [0, 0.1) is 0 Å². The van der Waals surface area contributed by atoms with Crippen LogP contribution in [-0.2, 0) is 14.8 Å². The summed E-state index contributed by atoms with van der Waals surface area (Å²) in [4.78, 5) is 16.6. The average Bonchev–Trinajstić information content (AvgIpc) is 2.74. The molecule has 0 N–H and O–H groups in total. The Morgan fingerprint density at radius 1 is 0.828 bits per heavy atom. The minimum Gasteiger partial charge on any atom is -0.289 e. The van der Waals surface area contributed by atoms with Crippen molar-refractivity contribution < 1.29 is 13.2 Å². The van der Waals surface area contributed by atoms with Crippen LogP contribution in [0.15, 0.2) is 96.2 Å². The minimum absolute atomic E-state index is 0.0306. The van der Waals surface area contributed by atoms with Crippen molar-refractivity contribution in [3.8, 4) is 0 Å². The Balaban J connectivity index is 2.24. The first kappa shape index (κ1) is 21.2. The summed E-state index contributed by atoms with van der Waals surface area (Å²) in [5.74, 6) is -0.371. The number of aliphatic imine (C=N–C) groups is 1. The molecule has 3 rings (SSSR count). The fourth-order valence-corrected chi connectivity index (χ4v) is 4.09. The molecule has 0 radical (unpaired) electrons. The molecule has 0 bridgehead atoms. The van der Waals surface area contributed by atoms with Crippen LogP contribution >= 0.6 is 23.2 Å². The lowest BCUT2D eigenvalue weighted by atomic mass is 9.97. The average molecular weight is 447 g/mol. The van der Waals surface area contributed by atoms with E-state index in [1.54, 1.807) is 62.4 Å². The monoisotopic (exact) mass is 446 g/mol. The van der Waals surface area contributed by atoms with E-state index in [-0.39, 0.29) is 43.4 Å².